The minimum atomic E-state index is -0.227. The summed E-state index contributed by atoms with van der Waals surface area (Å²) in [5.41, 5.74) is 0.781. The van der Waals surface area contributed by atoms with Crippen LogP contribution in [-0.4, -0.2) is 11.7 Å². The molecule has 2 rings (SSSR count). The van der Waals surface area contributed by atoms with Crippen LogP contribution in [-0.2, 0) is 12.6 Å². The average molecular weight is 304 g/mol. The Morgan fingerprint density at radius 1 is 1.10 bits per heavy atom. The first-order chi connectivity index (χ1) is 8.74. The Morgan fingerprint density at radius 2 is 1.65 bits per heavy atom. The molecular weight excluding hydrogens is 294 g/mol. The van der Waals surface area contributed by atoms with E-state index in [4.69, 9.17) is 23.0 Å². The fourth-order valence-electron chi connectivity index (χ4n) is 1.43. The molecule has 1 aromatic heterocycles. The zero-order chi connectivity index (χ0) is 13.5. The minimum Gasteiger partial charge on any atom is -0.857 e. The molecular formula is C13H10N2Na2O2S. The zero-order valence-corrected chi connectivity index (χ0v) is 16.5. The van der Waals surface area contributed by atoms with Crippen LogP contribution in [0.2, 0.25) is 0 Å². The predicted octanol–water partition coefficient (Wildman–Crippen LogP) is -5.40. The number of aromatic nitrogens is 1. The van der Waals surface area contributed by atoms with Crippen LogP contribution in [0.1, 0.15) is 5.56 Å². The molecule has 0 amide bonds. The van der Waals surface area contributed by atoms with E-state index in [0.717, 1.165) is 7.11 Å². The van der Waals surface area contributed by atoms with Gasteiger partial charge in [-0.25, -0.2) is 0 Å². The normalized spacial score (nSPS) is 8.05. The predicted molar refractivity (Wildman–Crippen MR) is 68.3 cm³/mol. The van der Waals surface area contributed by atoms with Crippen molar-refractivity contribution in [2.45, 2.75) is 5.03 Å². The van der Waals surface area contributed by atoms with E-state index in [-0.39, 0.29) is 69.7 Å². The first-order valence-corrected chi connectivity index (χ1v) is 5.44. The molecule has 0 aliphatic rings. The monoisotopic (exact) mass is 304 g/mol. The summed E-state index contributed by atoms with van der Waals surface area (Å²) >= 11 is 5.10. The van der Waals surface area contributed by atoms with Crippen molar-refractivity contribution in [3.8, 4) is 11.8 Å². The van der Waals surface area contributed by atoms with Crippen LogP contribution < -0.4 is 69.8 Å². The number of nitriles is 1. The van der Waals surface area contributed by atoms with E-state index in [0.29, 0.717) is 11.3 Å². The maximum atomic E-state index is 11.7. The first-order valence-electron chi connectivity index (χ1n) is 5.03. The zero-order valence-electron chi connectivity index (χ0n) is 11.7. The topological polar surface area (TPSA) is 68.8 Å². The van der Waals surface area contributed by atoms with Crippen molar-refractivity contribution in [3.05, 3.63) is 58.4 Å². The molecule has 20 heavy (non-hydrogen) atoms. The first kappa shape index (κ1) is 22.1. The third-order valence-corrected chi connectivity index (χ3v) is 2.58. The van der Waals surface area contributed by atoms with Gasteiger partial charge in [0, 0.05) is 17.3 Å². The van der Waals surface area contributed by atoms with E-state index in [1.165, 1.54) is 16.7 Å². The fraction of sp³-hybridized carbons (Fsp3) is 0.0769. The number of pyridine rings is 1. The molecule has 0 aliphatic carbocycles. The summed E-state index contributed by atoms with van der Waals surface area (Å²) in [5, 5.41) is 17.3. The quantitative estimate of drug-likeness (QED) is 0.390. The summed E-state index contributed by atoms with van der Waals surface area (Å²) in [6.45, 7) is 0. The van der Waals surface area contributed by atoms with Crippen molar-refractivity contribution in [1.82, 2.24) is 4.57 Å². The molecule has 0 bridgehead atoms. The van der Waals surface area contributed by atoms with Gasteiger partial charge in [0.05, 0.1) is 6.07 Å². The third kappa shape index (κ3) is 5.32. The van der Waals surface area contributed by atoms with E-state index in [1.54, 1.807) is 12.1 Å². The summed E-state index contributed by atoms with van der Waals surface area (Å²) < 4.78 is 1.36. The second-order valence-electron chi connectivity index (χ2n) is 3.17. The van der Waals surface area contributed by atoms with Crippen molar-refractivity contribution in [3.63, 3.8) is 0 Å². The second kappa shape index (κ2) is 11.5. The molecule has 0 radical (unpaired) electrons. The molecule has 0 fully saturated rings. The number of nitrogens with zero attached hydrogens (tertiary/aromatic N) is 2. The Labute approximate surface area is 167 Å². The van der Waals surface area contributed by atoms with Crippen LogP contribution in [0.15, 0.2) is 52.3 Å². The molecule has 92 valence electrons. The Kier molecular flexibility index (Phi) is 12.7. The van der Waals surface area contributed by atoms with Gasteiger partial charge in [-0.3, -0.25) is 4.79 Å². The largest absolute Gasteiger partial charge is 1.00 e. The van der Waals surface area contributed by atoms with Gasteiger partial charge in [-0.1, -0.05) is 23.2 Å². The van der Waals surface area contributed by atoms with Gasteiger partial charge in [-0.15, -0.1) is 0 Å². The van der Waals surface area contributed by atoms with E-state index in [9.17, 15) is 4.79 Å². The van der Waals surface area contributed by atoms with Crippen molar-refractivity contribution in [2.75, 3.05) is 7.11 Å². The number of para-hydroxylation sites is 1. The maximum absolute atomic E-state index is 11.7. The molecule has 0 atom stereocenters. The van der Waals surface area contributed by atoms with E-state index >= 15 is 0 Å². The standard InChI is InChI=1S/C12H8N2OS.CH3O.2Na/c13-8-9-6-7-11(15)14(12(9)16)10-4-2-1-3-5-10;1-2;;/h1-7,16H;1H3;;/q;-1;2*+1/p-1. The van der Waals surface area contributed by atoms with Gasteiger partial charge in [-0.2, -0.15) is 12.4 Å². The van der Waals surface area contributed by atoms with Crippen molar-refractivity contribution in [1.29, 1.82) is 5.26 Å². The van der Waals surface area contributed by atoms with Gasteiger partial charge >= 0.3 is 59.1 Å². The Hall–Kier alpha value is -0.160. The second-order valence-corrected chi connectivity index (χ2v) is 3.56. The number of rotatable bonds is 1. The fourth-order valence-corrected chi connectivity index (χ4v) is 1.74. The van der Waals surface area contributed by atoms with Crippen LogP contribution in [0.3, 0.4) is 0 Å². The molecule has 0 aliphatic heterocycles. The Bertz CT molecular complexity index is 625. The average Bonchev–Trinajstić information content (AvgIpc) is 2.42. The van der Waals surface area contributed by atoms with Gasteiger partial charge in [0.1, 0.15) is 0 Å². The van der Waals surface area contributed by atoms with E-state index in [2.05, 4.69) is 0 Å². The Balaban J connectivity index is 0. The van der Waals surface area contributed by atoms with Crippen molar-refractivity contribution < 1.29 is 64.2 Å². The molecule has 1 heterocycles. The molecule has 0 saturated heterocycles. The van der Waals surface area contributed by atoms with Crippen LogP contribution in [0.4, 0.5) is 0 Å². The maximum Gasteiger partial charge on any atom is 1.00 e. The van der Waals surface area contributed by atoms with Crippen LogP contribution in [0.25, 0.3) is 5.69 Å². The van der Waals surface area contributed by atoms with E-state index < -0.39 is 0 Å². The van der Waals surface area contributed by atoms with Gasteiger partial charge in [-0.05, 0) is 18.2 Å². The number of hydrogen-bond donors (Lipinski definition) is 0. The summed E-state index contributed by atoms with van der Waals surface area (Å²) in [5.74, 6) is 0. The summed E-state index contributed by atoms with van der Waals surface area (Å²) in [4.78, 5) is 11.7. The Morgan fingerprint density at radius 3 is 2.15 bits per heavy atom. The summed E-state index contributed by atoms with van der Waals surface area (Å²) in [6.07, 6.45) is 0. The minimum absolute atomic E-state index is 0. The number of benzene rings is 1. The van der Waals surface area contributed by atoms with Gasteiger partial charge < -0.3 is 22.3 Å². The van der Waals surface area contributed by atoms with Gasteiger partial charge in [0.25, 0.3) is 5.56 Å². The molecule has 0 N–H and O–H groups in total. The molecule has 1 aromatic carbocycles. The molecule has 0 unspecified atom stereocenters. The smallest absolute Gasteiger partial charge is 0.857 e. The summed E-state index contributed by atoms with van der Waals surface area (Å²) in [7, 11) is 0.750. The van der Waals surface area contributed by atoms with Gasteiger partial charge in [0.2, 0.25) is 0 Å². The molecule has 4 nitrogen and oxygen atoms in total. The molecule has 7 heteroatoms. The molecule has 2 aromatic rings. The summed E-state index contributed by atoms with van der Waals surface area (Å²) in [6, 6.07) is 13.8. The van der Waals surface area contributed by atoms with E-state index in [1.807, 2.05) is 24.3 Å². The van der Waals surface area contributed by atoms with Crippen LogP contribution in [0.5, 0.6) is 0 Å². The van der Waals surface area contributed by atoms with Crippen molar-refractivity contribution in [2.24, 2.45) is 0 Å². The number of hydrogen-bond acceptors (Lipinski definition) is 4. The van der Waals surface area contributed by atoms with Crippen LogP contribution in [0, 0.1) is 11.3 Å². The third-order valence-electron chi connectivity index (χ3n) is 2.18. The van der Waals surface area contributed by atoms with Crippen molar-refractivity contribution >= 4 is 12.6 Å². The molecule has 0 saturated carbocycles. The molecule has 0 spiro atoms. The SMILES string of the molecule is C[O-].N#Cc1ccc(=O)n(-c2ccccc2)c1[S-].[Na+].[Na+]. The van der Waals surface area contributed by atoms with Gasteiger partial charge in [0.15, 0.2) is 0 Å². The van der Waals surface area contributed by atoms with Crippen LogP contribution >= 0.6 is 0 Å².